The highest BCUT2D eigenvalue weighted by Crippen LogP contribution is 2.50. The van der Waals surface area contributed by atoms with Gasteiger partial charge in [-0.1, -0.05) is 19.9 Å². The lowest BCUT2D eigenvalue weighted by Gasteiger charge is -2.05. The molecule has 2 heteroatoms. The zero-order valence-electron chi connectivity index (χ0n) is 9.66. The van der Waals surface area contributed by atoms with Crippen molar-refractivity contribution in [3.8, 4) is 0 Å². The van der Waals surface area contributed by atoms with Crippen LogP contribution in [-0.4, -0.2) is 18.1 Å². The molecule has 1 aromatic heterocycles. The minimum Gasteiger partial charge on any atom is -0.316 e. The SMILES string of the molecule is CC1(C)CC1CNCCc1cccnc1. The van der Waals surface area contributed by atoms with E-state index >= 15 is 0 Å². The number of rotatable bonds is 5. The molecule has 2 nitrogen and oxygen atoms in total. The van der Waals surface area contributed by atoms with Crippen molar-refractivity contribution in [2.75, 3.05) is 13.1 Å². The summed E-state index contributed by atoms with van der Waals surface area (Å²) in [7, 11) is 0. The fourth-order valence-corrected chi connectivity index (χ4v) is 1.98. The van der Waals surface area contributed by atoms with E-state index in [1.54, 1.807) is 0 Å². The molecule has 15 heavy (non-hydrogen) atoms. The third kappa shape index (κ3) is 3.03. The monoisotopic (exact) mass is 204 g/mol. The first-order valence-corrected chi connectivity index (χ1v) is 5.78. The van der Waals surface area contributed by atoms with E-state index in [1.807, 2.05) is 18.5 Å². The molecule has 1 unspecified atom stereocenters. The van der Waals surface area contributed by atoms with Crippen LogP contribution in [0.5, 0.6) is 0 Å². The van der Waals surface area contributed by atoms with Crippen LogP contribution in [0.25, 0.3) is 0 Å². The zero-order chi connectivity index (χ0) is 10.7. The van der Waals surface area contributed by atoms with Gasteiger partial charge in [0.1, 0.15) is 0 Å². The molecular formula is C13H20N2. The fourth-order valence-electron chi connectivity index (χ4n) is 1.98. The van der Waals surface area contributed by atoms with Gasteiger partial charge in [-0.15, -0.1) is 0 Å². The predicted octanol–water partition coefficient (Wildman–Crippen LogP) is 2.26. The highest BCUT2D eigenvalue weighted by molar-refractivity contribution is 5.08. The van der Waals surface area contributed by atoms with E-state index in [2.05, 4.69) is 30.2 Å². The number of nitrogens with one attached hydrogen (secondary N) is 1. The highest BCUT2D eigenvalue weighted by Gasteiger charge is 2.44. The first-order valence-electron chi connectivity index (χ1n) is 5.78. The molecule has 0 radical (unpaired) electrons. The molecule has 2 rings (SSSR count). The lowest BCUT2D eigenvalue weighted by Crippen LogP contribution is -2.21. The Kier molecular flexibility index (Phi) is 3.06. The van der Waals surface area contributed by atoms with E-state index in [9.17, 15) is 0 Å². The lowest BCUT2D eigenvalue weighted by molar-refractivity contribution is 0.521. The summed E-state index contributed by atoms with van der Waals surface area (Å²) in [4.78, 5) is 4.11. The van der Waals surface area contributed by atoms with Crippen molar-refractivity contribution >= 4 is 0 Å². The summed E-state index contributed by atoms with van der Waals surface area (Å²) in [6, 6.07) is 4.13. The average molecular weight is 204 g/mol. The maximum atomic E-state index is 4.11. The standard InChI is InChI=1S/C13H20N2/c1-13(2)8-12(13)10-15-7-5-11-4-3-6-14-9-11/h3-4,6,9,12,15H,5,7-8,10H2,1-2H3. The Labute approximate surface area is 92.1 Å². The van der Waals surface area contributed by atoms with Gasteiger partial charge >= 0.3 is 0 Å². The smallest absolute Gasteiger partial charge is 0.0300 e. The summed E-state index contributed by atoms with van der Waals surface area (Å²) in [5, 5.41) is 3.52. The van der Waals surface area contributed by atoms with Gasteiger partial charge < -0.3 is 5.32 Å². The highest BCUT2D eigenvalue weighted by atomic mass is 14.9. The Balaban J connectivity index is 1.60. The van der Waals surface area contributed by atoms with Crippen LogP contribution in [0.4, 0.5) is 0 Å². The van der Waals surface area contributed by atoms with Crippen molar-refractivity contribution in [1.29, 1.82) is 0 Å². The minimum atomic E-state index is 0.599. The number of nitrogens with zero attached hydrogens (tertiary/aromatic N) is 1. The van der Waals surface area contributed by atoms with E-state index in [0.29, 0.717) is 5.41 Å². The van der Waals surface area contributed by atoms with Gasteiger partial charge in [0.15, 0.2) is 0 Å². The Morgan fingerprint density at radius 3 is 2.93 bits per heavy atom. The molecule has 1 fully saturated rings. The summed E-state index contributed by atoms with van der Waals surface area (Å²) in [5.74, 6) is 0.895. The van der Waals surface area contributed by atoms with Crippen LogP contribution >= 0.6 is 0 Å². The van der Waals surface area contributed by atoms with Gasteiger partial charge in [0.25, 0.3) is 0 Å². The molecule has 0 bridgehead atoms. The molecular weight excluding hydrogens is 184 g/mol. The van der Waals surface area contributed by atoms with Gasteiger partial charge in [-0.2, -0.15) is 0 Å². The van der Waals surface area contributed by atoms with Gasteiger partial charge in [0, 0.05) is 12.4 Å². The maximum Gasteiger partial charge on any atom is 0.0300 e. The maximum absolute atomic E-state index is 4.11. The van der Waals surface area contributed by atoms with E-state index < -0.39 is 0 Å². The van der Waals surface area contributed by atoms with Crippen LogP contribution in [-0.2, 0) is 6.42 Å². The normalized spacial score (nSPS) is 22.7. The van der Waals surface area contributed by atoms with Crippen molar-refractivity contribution in [2.45, 2.75) is 26.7 Å². The second kappa shape index (κ2) is 4.31. The van der Waals surface area contributed by atoms with Crippen LogP contribution in [0, 0.1) is 11.3 Å². The van der Waals surface area contributed by atoms with E-state index in [0.717, 1.165) is 18.9 Å². The van der Waals surface area contributed by atoms with Crippen LogP contribution in [0.15, 0.2) is 24.5 Å². The molecule has 1 aliphatic carbocycles. The number of hydrogen-bond acceptors (Lipinski definition) is 2. The molecule has 0 spiro atoms. The Bertz CT molecular complexity index is 306. The van der Waals surface area contributed by atoms with Crippen LogP contribution < -0.4 is 5.32 Å². The Morgan fingerprint density at radius 1 is 1.53 bits per heavy atom. The van der Waals surface area contributed by atoms with Crippen LogP contribution in [0.1, 0.15) is 25.8 Å². The summed E-state index contributed by atoms with van der Waals surface area (Å²) in [6.07, 6.45) is 6.24. The lowest BCUT2D eigenvalue weighted by atomic mass is 10.1. The molecule has 0 aromatic carbocycles. The zero-order valence-corrected chi connectivity index (χ0v) is 9.66. The number of hydrogen-bond donors (Lipinski definition) is 1. The molecule has 1 aliphatic rings. The quantitative estimate of drug-likeness (QED) is 0.744. The van der Waals surface area contributed by atoms with Crippen LogP contribution in [0.3, 0.4) is 0 Å². The van der Waals surface area contributed by atoms with Crippen molar-refractivity contribution in [1.82, 2.24) is 10.3 Å². The predicted molar refractivity (Wildman–Crippen MR) is 62.7 cm³/mol. The van der Waals surface area contributed by atoms with Crippen molar-refractivity contribution < 1.29 is 0 Å². The molecule has 1 aromatic rings. The third-order valence-electron chi connectivity index (χ3n) is 3.42. The third-order valence-corrected chi connectivity index (χ3v) is 3.42. The molecule has 0 saturated heterocycles. The summed E-state index contributed by atoms with van der Waals surface area (Å²) >= 11 is 0. The van der Waals surface area contributed by atoms with Gasteiger partial charge in [0.05, 0.1) is 0 Å². The molecule has 1 heterocycles. The minimum absolute atomic E-state index is 0.599. The molecule has 82 valence electrons. The Morgan fingerprint density at radius 2 is 2.33 bits per heavy atom. The summed E-state index contributed by atoms with van der Waals surface area (Å²) in [6.45, 7) is 6.94. The topological polar surface area (TPSA) is 24.9 Å². The van der Waals surface area contributed by atoms with Gasteiger partial charge in [-0.3, -0.25) is 4.98 Å². The van der Waals surface area contributed by atoms with Crippen LogP contribution in [0.2, 0.25) is 0 Å². The summed E-state index contributed by atoms with van der Waals surface area (Å²) < 4.78 is 0. The number of aromatic nitrogens is 1. The van der Waals surface area contributed by atoms with Gasteiger partial charge in [-0.05, 0) is 48.9 Å². The number of pyridine rings is 1. The second-order valence-electron chi connectivity index (χ2n) is 5.21. The molecule has 0 aliphatic heterocycles. The average Bonchev–Trinajstić information content (AvgIpc) is 2.83. The van der Waals surface area contributed by atoms with Crippen molar-refractivity contribution in [3.05, 3.63) is 30.1 Å². The first kappa shape index (κ1) is 10.6. The fraction of sp³-hybridized carbons (Fsp3) is 0.615. The summed E-state index contributed by atoms with van der Waals surface area (Å²) in [5.41, 5.74) is 1.92. The largest absolute Gasteiger partial charge is 0.316 e. The van der Waals surface area contributed by atoms with E-state index in [-0.39, 0.29) is 0 Å². The molecule has 0 amide bonds. The van der Waals surface area contributed by atoms with Crippen molar-refractivity contribution in [2.24, 2.45) is 11.3 Å². The Hall–Kier alpha value is -0.890. The van der Waals surface area contributed by atoms with Crippen molar-refractivity contribution in [3.63, 3.8) is 0 Å². The first-order chi connectivity index (χ1) is 7.18. The molecule has 1 atom stereocenters. The second-order valence-corrected chi connectivity index (χ2v) is 5.21. The van der Waals surface area contributed by atoms with Gasteiger partial charge in [0.2, 0.25) is 0 Å². The van der Waals surface area contributed by atoms with E-state index in [4.69, 9.17) is 0 Å². The molecule has 1 N–H and O–H groups in total. The van der Waals surface area contributed by atoms with E-state index in [1.165, 1.54) is 18.5 Å². The van der Waals surface area contributed by atoms with Gasteiger partial charge in [-0.25, -0.2) is 0 Å². The molecule has 1 saturated carbocycles.